The fourth-order valence-corrected chi connectivity index (χ4v) is 1.20. The van der Waals surface area contributed by atoms with E-state index < -0.39 is 11.9 Å². The van der Waals surface area contributed by atoms with Crippen LogP contribution in [0.25, 0.3) is 0 Å². The summed E-state index contributed by atoms with van der Waals surface area (Å²) in [5.74, 6) is -0.947. The standard InChI is InChI=1S/C9H7N3O2/c13-8-6(5-11-9(14)12-8)7-3-1-2-4-10-7/h1-6H,(H,12,13,14). The van der Waals surface area contributed by atoms with Gasteiger partial charge in [-0.2, -0.15) is 0 Å². The highest BCUT2D eigenvalue weighted by molar-refractivity contribution is 6.12. The van der Waals surface area contributed by atoms with E-state index in [9.17, 15) is 9.59 Å². The van der Waals surface area contributed by atoms with Crippen LogP contribution >= 0.6 is 0 Å². The Balaban J connectivity index is 2.32. The number of carbonyl (C=O) groups is 2. The van der Waals surface area contributed by atoms with Crippen molar-refractivity contribution in [1.29, 1.82) is 0 Å². The second-order valence-corrected chi connectivity index (χ2v) is 2.80. The number of urea groups is 1. The molecule has 70 valence electrons. The van der Waals surface area contributed by atoms with Crippen LogP contribution in [0.3, 0.4) is 0 Å². The lowest BCUT2D eigenvalue weighted by Gasteiger charge is -2.13. The molecule has 14 heavy (non-hydrogen) atoms. The van der Waals surface area contributed by atoms with E-state index in [4.69, 9.17) is 0 Å². The van der Waals surface area contributed by atoms with Gasteiger partial charge in [0.05, 0.1) is 5.69 Å². The van der Waals surface area contributed by atoms with Gasteiger partial charge in [0.15, 0.2) is 0 Å². The molecule has 0 aliphatic carbocycles. The minimum atomic E-state index is -0.623. The zero-order valence-corrected chi connectivity index (χ0v) is 7.18. The monoisotopic (exact) mass is 189 g/mol. The molecule has 1 atom stereocenters. The SMILES string of the molecule is O=C1N=CC(c2ccccn2)C(=O)N1. The first-order valence-electron chi connectivity index (χ1n) is 4.07. The van der Waals surface area contributed by atoms with Crippen molar-refractivity contribution >= 4 is 18.2 Å². The summed E-state index contributed by atoms with van der Waals surface area (Å²) in [6.07, 6.45) is 2.90. The molecule has 1 aliphatic heterocycles. The number of carbonyl (C=O) groups excluding carboxylic acids is 2. The minimum absolute atomic E-state index is 0.385. The number of hydrogen-bond donors (Lipinski definition) is 1. The van der Waals surface area contributed by atoms with Crippen LogP contribution in [0, 0.1) is 0 Å². The van der Waals surface area contributed by atoms with Gasteiger partial charge in [-0.1, -0.05) is 6.07 Å². The average Bonchev–Trinajstić information content (AvgIpc) is 2.19. The number of imide groups is 1. The summed E-state index contributed by atoms with van der Waals surface area (Å²) in [5, 5.41) is 2.11. The molecule has 3 amide bonds. The van der Waals surface area contributed by atoms with Crippen molar-refractivity contribution in [2.24, 2.45) is 4.99 Å². The van der Waals surface area contributed by atoms with Gasteiger partial charge in [0.1, 0.15) is 5.92 Å². The summed E-state index contributed by atoms with van der Waals surface area (Å²) >= 11 is 0. The van der Waals surface area contributed by atoms with E-state index in [1.54, 1.807) is 24.4 Å². The summed E-state index contributed by atoms with van der Waals surface area (Å²) in [6.45, 7) is 0. The van der Waals surface area contributed by atoms with Crippen LogP contribution in [0.5, 0.6) is 0 Å². The third kappa shape index (κ3) is 1.52. The van der Waals surface area contributed by atoms with Crippen LogP contribution in [0.4, 0.5) is 4.79 Å². The van der Waals surface area contributed by atoms with Crippen molar-refractivity contribution in [3.05, 3.63) is 30.1 Å². The van der Waals surface area contributed by atoms with Crippen molar-refractivity contribution in [1.82, 2.24) is 10.3 Å². The molecule has 0 saturated carbocycles. The van der Waals surface area contributed by atoms with Gasteiger partial charge in [-0.15, -0.1) is 0 Å². The Morgan fingerprint density at radius 1 is 1.29 bits per heavy atom. The molecule has 0 radical (unpaired) electrons. The molecule has 5 nitrogen and oxygen atoms in total. The Bertz CT molecular complexity index is 400. The van der Waals surface area contributed by atoms with Crippen LogP contribution in [-0.2, 0) is 4.79 Å². The molecular formula is C9H7N3O2. The maximum absolute atomic E-state index is 11.3. The Kier molecular flexibility index (Phi) is 2.06. The molecule has 0 bridgehead atoms. The molecule has 1 unspecified atom stereocenters. The predicted octanol–water partition coefficient (Wildman–Crippen LogP) is 0.486. The molecule has 1 aliphatic rings. The molecule has 0 fully saturated rings. The molecule has 1 aromatic rings. The van der Waals surface area contributed by atoms with E-state index in [1.165, 1.54) is 6.21 Å². The van der Waals surface area contributed by atoms with E-state index in [1.807, 2.05) is 0 Å². The van der Waals surface area contributed by atoms with Crippen molar-refractivity contribution in [3.63, 3.8) is 0 Å². The van der Waals surface area contributed by atoms with Gasteiger partial charge in [-0.3, -0.25) is 15.1 Å². The number of hydrogen-bond acceptors (Lipinski definition) is 3. The zero-order valence-electron chi connectivity index (χ0n) is 7.18. The summed E-state index contributed by atoms with van der Waals surface area (Å²) in [6, 6.07) is 4.63. The fourth-order valence-electron chi connectivity index (χ4n) is 1.20. The van der Waals surface area contributed by atoms with E-state index in [0.29, 0.717) is 5.69 Å². The van der Waals surface area contributed by atoms with Crippen LogP contribution < -0.4 is 5.32 Å². The lowest BCUT2D eigenvalue weighted by Crippen LogP contribution is -2.37. The Labute approximate surface area is 79.9 Å². The van der Waals surface area contributed by atoms with Gasteiger partial charge >= 0.3 is 6.03 Å². The van der Waals surface area contributed by atoms with E-state index >= 15 is 0 Å². The lowest BCUT2D eigenvalue weighted by atomic mass is 10.0. The molecule has 2 heterocycles. The first-order valence-corrected chi connectivity index (χ1v) is 4.07. The van der Waals surface area contributed by atoms with Crippen molar-refractivity contribution < 1.29 is 9.59 Å². The summed E-state index contributed by atoms with van der Waals surface area (Å²) in [5.41, 5.74) is 0.584. The van der Waals surface area contributed by atoms with Gasteiger partial charge < -0.3 is 0 Å². The highest BCUT2D eigenvalue weighted by Gasteiger charge is 2.25. The molecule has 1 aromatic heterocycles. The van der Waals surface area contributed by atoms with Crippen LogP contribution in [0.2, 0.25) is 0 Å². The normalized spacial score (nSPS) is 20.7. The van der Waals surface area contributed by atoms with Crippen LogP contribution in [0.1, 0.15) is 11.6 Å². The molecule has 0 saturated heterocycles. The summed E-state index contributed by atoms with van der Waals surface area (Å²) in [4.78, 5) is 29.6. The van der Waals surface area contributed by atoms with Gasteiger partial charge in [0.2, 0.25) is 5.91 Å². The average molecular weight is 189 g/mol. The summed E-state index contributed by atoms with van der Waals surface area (Å²) < 4.78 is 0. The second-order valence-electron chi connectivity index (χ2n) is 2.80. The number of pyridine rings is 1. The van der Waals surface area contributed by atoms with Crippen LogP contribution in [-0.4, -0.2) is 23.1 Å². The largest absolute Gasteiger partial charge is 0.347 e. The van der Waals surface area contributed by atoms with Gasteiger partial charge in [0.25, 0.3) is 0 Å². The predicted molar refractivity (Wildman–Crippen MR) is 49.0 cm³/mol. The number of aliphatic imine (C=N–C) groups is 1. The number of amides is 3. The van der Waals surface area contributed by atoms with Crippen molar-refractivity contribution in [2.75, 3.05) is 0 Å². The molecule has 1 N–H and O–H groups in total. The zero-order chi connectivity index (χ0) is 9.97. The van der Waals surface area contributed by atoms with Gasteiger partial charge in [-0.25, -0.2) is 9.79 Å². The third-order valence-electron chi connectivity index (χ3n) is 1.86. The topological polar surface area (TPSA) is 71.4 Å². The molecule has 0 spiro atoms. The second kappa shape index (κ2) is 3.37. The van der Waals surface area contributed by atoms with E-state index in [-0.39, 0.29) is 5.91 Å². The van der Waals surface area contributed by atoms with Crippen molar-refractivity contribution in [3.8, 4) is 0 Å². The van der Waals surface area contributed by atoms with Gasteiger partial charge in [-0.05, 0) is 12.1 Å². The molecular weight excluding hydrogens is 182 g/mol. The fraction of sp³-hybridized carbons (Fsp3) is 0.111. The first-order chi connectivity index (χ1) is 6.77. The van der Waals surface area contributed by atoms with Gasteiger partial charge in [0, 0.05) is 12.4 Å². The number of nitrogens with one attached hydrogen (secondary N) is 1. The maximum Gasteiger partial charge on any atom is 0.347 e. The first kappa shape index (κ1) is 8.55. The summed E-state index contributed by atoms with van der Waals surface area (Å²) in [7, 11) is 0. The Morgan fingerprint density at radius 3 is 2.79 bits per heavy atom. The molecule has 0 aromatic carbocycles. The quantitative estimate of drug-likeness (QED) is 0.698. The maximum atomic E-state index is 11.3. The molecule has 2 rings (SSSR count). The Morgan fingerprint density at radius 2 is 2.14 bits per heavy atom. The third-order valence-corrected chi connectivity index (χ3v) is 1.86. The highest BCUT2D eigenvalue weighted by Crippen LogP contribution is 2.12. The highest BCUT2D eigenvalue weighted by atomic mass is 16.2. The van der Waals surface area contributed by atoms with Crippen LogP contribution in [0.15, 0.2) is 29.4 Å². The number of aromatic nitrogens is 1. The number of nitrogens with zero attached hydrogens (tertiary/aromatic N) is 2. The Hall–Kier alpha value is -2.04. The van der Waals surface area contributed by atoms with E-state index in [0.717, 1.165) is 0 Å². The van der Waals surface area contributed by atoms with E-state index in [2.05, 4.69) is 15.3 Å². The molecule has 5 heteroatoms. The smallest absolute Gasteiger partial charge is 0.275 e. The lowest BCUT2D eigenvalue weighted by molar-refractivity contribution is -0.120. The minimum Gasteiger partial charge on any atom is -0.275 e. The number of rotatable bonds is 1. The van der Waals surface area contributed by atoms with Crippen molar-refractivity contribution in [2.45, 2.75) is 5.92 Å².